The zero-order valence-corrected chi connectivity index (χ0v) is 11.8. The highest BCUT2D eigenvalue weighted by atomic mass is 16.5. The van der Waals surface area contributed by atoms with E-state index in [0.717, 1.165) is 12.1 Å². The van der Waals surface area contributed by atoms with Crippen molar-refractivity contribution in [3.63, 3.8) is 0 Å². The van der Waals surface area contributed by atoms with Crippen LogP contribution in [-0.2, 0) is 16.1 Å². The Morgan fingerprint density at radius 3 is 3.05 bits per heavy atom. The molecular weight excluding hydrogens is 260 g/mol. The number of rotatable bonds is 6. The minimum atomic E-state index is -0.802. The average molecular weight is 280 g/mol. The predicted molar refractivity (Wildman–Crippen MR) is 72.6 cm³/mol. The summed E-state index contributed by atoms with van der Waals surface area (Å²) in [7, 11) is 1.58. The number of carbonyl (C=O) groups is 1. The lowest BCUT2D eigenvalue weighted by Gasteiger charge is -2.29. The van der Waals surface area contributed by atoms with E-state index < -0.39 is 11.9 Å². The van der Waals surface area contributed by atoms with Gasteiger partial charge in [-0.3, -0.25) is 9.69 Å². The standard InChI is InChI=1S/C14H20N2O4/c1-3-16(12-9-20-8-11(12)14(17)18)7-10-5-4-6-15-13(10)19-2/h4-6,11-12H,3,7-9H2,1-2H3,(H,17,18). The molecule has 2 unspecified atom stereocenters. The zero-order valence-electron chi connectivity index (χ0n) is 11.8. The van der Waals surface area contributed by atoms with Crippen molar-refractivity contribution in [1.29, 1.82) is 0 Å². The van der Waals surface area contributed by atoms with Gasteiger partial charge in [0.15, 0.2) is 0 Å². The summed E-state index contributed by atoms with van der Waals surface area (Å²) in [5.74, 6) is -0.696. The molecule has 6 nitrogen and oxygen atoms in total. The van der Waals surface area contributed by atoms with Crippen molar-refractivity contribution in [2.75, 3.05) is 26.9 Å². The number of hydrogen-bond acceptors (Lipinski definition) is 5. The van der Waals surface area contributed by atoms with Crippen LogP contribution in [0.5, 0.6) is 5.88 Å². The number of carboxylic acids is 1. The molecule has 1 N–H and O–H groups in total. The Kier molecular flexibility index (Phi) is 4.92. The first-order valence-corrected chi connectivity index (χ1v) is 6.69. The molecule has 110 valence electrons. The molecule has 2 rings (SSSR count). The minimum absolute atomic E-state index is 0.109. The van der Waals surface area contributed by atoms with Crippen molar-refractivity contribution < 1.29 is 19.4 Å². The molecule has 1 aliphatic rings. The van der Waals surface area contributed by atoms with E-state index in [1.165, 1.54) is 0 Å². The van der Waals surface area contributed by atoms with Crippen LogP contribution in [0.1, 0.15) is 12.5 Å². The van der Waals surface area contributed by atoms with Crippen molar-refractivity contribution in [3.05, 3.63) is 23.9 Å². The summed E-state index contributed by atoms with van der Waals surface area (Å²) >= 11 is 0. The molecule has 6 heteroatoms. The molecule has 1 saturated heterocycles. The monoisotopic (exact) mass is 280 g/mol. The number of pyridine rings is 1. The van der Waals surface area contributed by atoms with Crippen molar-refractivity contribution in [2.45, 2.75) is 19.5 Å². The Hall–Kier alpha value is -1.66. The molecule has 1 fully saturated rings. The van der Waals surface area contributed by atoms with Crippen molar-refractivity contribution in [2.24, 2.45) is 5.92 Å². The second-order valence-electron chi connectivity index (χ2n) is 4.78. The van der Waals surface area contributed by atoms with Gasteiger partial charge in [-0.05, 0) is 12.6 Å². The fourth-order valence-corrected chi connectivity index (χ4v) is 2.55. The molecule has 1 aliphatic heterocycles. The zero-order chi connectivity index (χ0) is 14.5. The molecule has 1 aromatic rings. The number of hydrogen-bond donors (Lipinski definition) is 1. The Morgan fingerprint density at radius 1 is 1.60 bits per heavy atom. The highest BCUT2D eigenvalue weighted by Crippen LogP contribution is 2.24. The molecular formula is C14H20N2O4. The largest absolute Gasteiger partial charge is 0.481 e. The quantitative estimate of drug-likeness (QED) is 0.838. The van der Waals surface area contributed by atoms with Crippen LogP contribution in [0.25, 0.3) is 0 Å². The van der Waals surface area contributed by atoms with Crippen LogP contribution >= 0.6 is 0 Å². The lowest BCUT2D eigenvalue weighted by Crippen LogP contribution is -2.42. The smallest absolute Gasteiger partial charge is 0.310 e. The molecule has 2 heterocycles. The molecule has 20 heavy (non-hydrogen) atoms. The lowest BCUT2D eigenvalue weighted by atomic mass is 10.0. The van der Waals surface area contributed by atoms with Gasteiger partial charge in [0.1, 0.15) is 0 Å². The maximum Gasteiger partial charge on any atom is 0.310 e. The van der Waals surface area contributed by atoms with Gasteiger partial charge in [0.05, 0.1) is 26.2 Å². The second-order valence-corrected chi connectivity index (χ2v) is 4.78. The van der Waals surface area contributed by atoms with Gasteiger partial charge in [-0.1, -0.05) is 13.0 Å². The molecule has 0 saturated carbocycles. The SMILES string of the molecule is CCN(Cc1cccnc1OC)C1COCC1C(=O)O. The normalized spacial score (nSPS) is 22.1. The van der Waals surface area contributed by atoms with Crippen LogP contribution in [0.4, 0.5) is 0 Å². The van der Waals surface area contributed by atoms with Gasteiger partial charge >= 0.3 is 5.97 Å². The lowest BCUT2D eigenvalue weighted by molar-refractivity contribution is -0.143. The molecule has 0 spiro atoms. The fourth-order valence-electron chi connectivity index (χ4n) is 2.55. The summed E-state index contributed by atoms with van der Waals surface area (Å²) in [4.78, 5) is 17.5. The summed E-state index contributed by atoms with van der Waals surface area (Å²) in [5.41, 5.74) is 0.952. The third-order valence-corrected chi connectivity index (χ3v) is 3.66. The molecule has 0 aliphatic carbocycles. The van der Waals surface area contributed by atoms with E-state index >= 15 is 0 Å². The number of aromatic nitrogens is 1. The fraction of sp³-hybridized carbons (Fsp3) is 0.571. The number of ether oxygens (including phenoxy) is 2. The number of carboxylic acid groups (broad SMARTS) is 1. The molecule has 1 aromatic heterocycles. The van der Waals surface area contributed by atoms with Crippen LogP contribution in [0.3, 0.4) is 0 Å². The molecule has 0 aromatic carbocycles. The Morgan fingerprint density at radius 2 is 2.40 bits per heavy atom. The summed E-state index contributed by atoms with van der Waals surface area (Å²) in [6.45, 7) is 4.09. The van der Waals surface area contributed by atoms with Gasteiger partial charge in [0.2, 0.25) is 5.88 Å². The van der Waals surface area contributed by atoms with Crippen LogP contribution in [0, 0.1) is 5.92 Å². The van der Waals surface area contributed by atoms with Crippen molar-refractivity contribution in [3.8, 4) is 5.88 Å². The first-order valence-electron chi connectivity index (χ1n) is 6.69. The van der Waals surface area contributed by atoms with E-state index in [1.807, 2.05) is 19.1 Å². The highest BCUT2D eigenvalue weighted by Gasteiger charge is 2.37. The number of likely N-dealkylation sites (N-methyl/N-ethyl adjacent to an activating group) is 1. The Bertz CT molecular complexity index is 466. The third-order valence-electron chi connectivity index (χ3n) is 3.66. The minimum Gasteiger partial charge on any atom is -0.481 e. The van der Waals surface area contributed by atoms with Gasteiger partial charge in [-0.25, -0.2) is 4.98 Å². The first kappa shape index (κ1) is 14.7. The number of nitrogens with zero attached hydrogens (tertiary/aromatic N) is 2. The summed E-state index contributed by atoms with van der Waals surface area (Å²) in [6, 6.07) is 3.69. The average Bonchev–Trinajstić information content (AvgIpc) is 2.94. The second kappa shape index (κ2) is 6.67. The van der Waals surface area contributed by atoms with Crippen molar-refractivity contribution in [1.82, 2.24) is 9.88 Å². The van der Waals surface area contributed by atoms with Crippen LogP contribution in [0.2, 0.25) is 0 Å². The molecule has 0 bridgehead atoms. The van der Waals surface area contributed by atoms with E-state index in [4.69, 9.17) is 9.47 Å². The summed E-state index contributed by atoms with van der Waals surface area (Å²) < 4.78 is 10.6. The molecule has 2 atom stereocenters. The van der Waals surface area contributed by atoms with Gasteiger partial charge in [0, 0.05) is 24.3 Å². The highest BCUT2D eigenvalue weighted by molar-refractivity contribution is 5.71. The number of aliphatic carboxylic acids is 1. The number of methoxy groups -OCH3 is 1. The predicted octanol–water partition coefficient (Wildman–Crippen LogP) is 1.01. The van der Waals surface area contributed by atoms with Crippen molar-refractivity contribution >= 4 is 5.97 Å². The maximum absolute atomic E-state index is 11.3. The Labute approximate surface area is 118 Å². The van der Waals surface area contributed by atoms with E-state index in [1.54, 1.807) is 13.3 Å². The molecule has 0 amide bonds. The van der Waals surface area contributed by atoms with Gasteiger partial charge in [0.25, 0.3) is 0 Å². The van der Waals surface area contributed by atoms with Gasteiger partial charge in [-0.2, -0.15) is 0 Å². The Balaban J connectivity index is 2.14. The topological polar surface area (TPSA) is 71.9 Å². The third kappa shape index (κ3) is 3.08. The van der Waals surface area contributed by atoms with Gasteiger partial charge < -0.3 is 14.6 Å². The van der Waals surface area contributed by atoms with E-state index in [-0.39, 0.29) is 12.6 Å². The maximum atomic E-state index is 11.3. The van der Waals surface area contributed by atoms with Gasteiger partial charge in [-0.15, -0.1) is 0 Å². The summed E-state index contributed by atoms with van der Waals surface area (Å²) in [6.07, 6.45) is 1.68. The van der Waals surface area contributed by atoms with Crippen LogP contribution in [-0.4, -0.2) is 53.9 Å². The van der Waals surface area contributed by atoms with E-state index in [0.29, 0.717) is 19.0 Å². The first-order chi connectivity index (χ1) is 9.67. The van der Waals surface area contributed by atoms with Crippen LogP contribution < -0.4 is 4.74 Å². The molecule has 0 radical (unpaired) electrons. The summed E-state index contributed by atoms with van der Waals surface area (Å²) in [5, 5.41) is 9.25. The van der Waals surface area contributed by atoms with E-state index in [9.17, 15) is 9.90 Å². The van der Waals surface area contributed by atoms with Crippen LogP contribution in [0.15, 0.2) is 18.3 Å². The van der Waals surface area contributed by atoms with E-state index in [2.05, 4.69) is 9.88 Å².